The van der Waals surface area contributed by atoms with Crippen LogP contribution in [0.25, 0.3) is 0 Å². The highest BCUT2D eigenvalue weighted by Gasteiger charge is 2.35. The normalized spacial score (nSPS) is 17.4. The predicted octanol–water partition coefficient (Wildman–Crippen LogP) is 3.31. The van der Waals surface area contributed by atoms with Gasteiger partial charge in [-0.1, -0.05) is 19.1 Å². The quantitative estimate of drug-likeness (QED) is 0.926. The summed E-state index contributed by atoms with van der Waals surface area (Å²) < 4.78 is 0. The van der Waals surface area contributed by atoms with Crippen LogP contribution in [0.4, 0.5) is 10.8 Å². The van der Waals surface area contributed by atoms with E-state index in [-0.39, 0.29) is 24.2 Å². The maximum Gasteiger partial charge on any atom is 0.231 e. The lowest BCUT2D eigenvalue weighted by molar-refractivity contribution is -0.122. The molecule has 126 valence electrons. The number of hydrogen-bond acceptors (Lipinski definition) is 4. The van der Waals surface area contributed by atoms with Crippen molar-refractivity contribution in [3.63, 3.8) is 0 Å². The van der Waals surface area contributed by atoms with Gasteiger partial charge < -0.3 is 10.2 Å². The fourth-order valence-corrected chi connectivity index (χ4v) is 3.60. The monoisotopic (exact) mass is 343 g/mol. The number of hydrogen-bond donors (Lipinski definition) is 1. The number of benzene rings is 1. The van der Waals surface area contributed by atoms with Crippen LogP contribution in [0, 0.1) is 19.8 Å². The van der Waals surface area contributed by atoms with Crippen LogP contribution in [0.2, 0.25) is 0 Å². The lowest BCUT2D eigenvalue weighted by Gasteiger charge is -2.17. The Hall–Kier alpha value is -2.21. The average Bonchev–Trinajstić information content (AvgIpc) is 3.10. The Balaban J connectivity index is 1.68. The number of amides is 2. The number of carbonyl (C=O) groups excluding carboxylic acids is 2. The Labute approximate surface area is 145 Å². The Morgan fingerprint density at radius 3 is 2.62 bits per heavy atom. The summed E-state index contributed by atoms with van der Waals surface area (Å²) in [6.45, 7) is 6.41. The largest absolute Gasteiger partial charge is 0.312 e. The van der Waals surface area contributed by atoms with Crippen molar-refractivity contribution in [3.8, 4) is 0 Å². The van der Waals surface area contributed by atoms with Crippen LogP contribution in [-0.2, 0) is 16.0 Å². The summed E-state index contributed by atoms with van der Waals surface area (Å²) in [7, 11) is 0. The first-order valence-corrected chi connectivity index (χ1v) is 8.93. The minimum atomic E-state index is -0.340. The third-order valence-electron chi connectivity index (χ3n) is 4.41. The molecule has 1 aromatic heterocycles. The third kappa shape index (κ3) is 3.33. The van der Waals surface area contributed by atoms with Gasteiger partial charge >= 0.3 is 0 Å². The number of rotatable bonds is 4. The average molecular weight is 343 g/mol. The molecule has 1 unspecified atom stereocenters. The first-order valence-electron chi connectivity index (χ1n) is 8.12. The van der Waals surface area contributed by atoms with Gasteiger partial charge in [-0.15, -0.1) is 11.3 Å². The predicted molar refractivity (Wildman–Crippen MR) is 96.5 cm³/mol. The fraction of sp³-hybridized carbons (Fsp3) is 0.389. The molecule has 6 heteroatoms. The third-order valence-corrected chi connectivity index (χ3v) is 5.40. The minimum absolute atomic E-state index is 0.00843. The SMILES string of the molecule is CCc1ccc(N2CC(C(=O)Nc3nc(C)c(C)s3)CC2=O)cc1. The van der Waals surface area contributed by atoms with Crippen molar-refractivity contribution < 1.29 is 9.59 Å². The zero-order valence-corrected chi connectivity index (χ0v) is 14.9. The van der Waals surface area contributed by atoms with Gasteiger partial charge in [0.1, 0.15) is 0 Å². The van der Waals surface area contributed by atoms with Gasteiger partial charge in [0.25, 0.3) is 0 Å². The Morgan fingerprint density at radius 1 is 1.33 bits per heavy atom. The van der Waals surface area contributed by atoms with Crippen molar-refractivity contribution >= 4 is 34.0 Å². The highest BCUT2D eigenvalue weighted by molar-refractivity contribution is 7.15. The molecule has 1 aliphatic rings. The smallest absolute Gasteiger partial charge is 0.231 e. The molecule has 5 nitrogen and oxygen atoms in total. The highest BCUT2D eigenvalue weighted by Crippen LogP contribution is 2.27. The second-order valence-corrected chi connectivity index (χ2v) is 7.28. The van der Waals surface area contributed by atoms with Crippen molar-refractivity contribution in [1.29, 1.82) is 0 Å². The molecule has 1 N–H and O–H groups in total. The van der Waals surface area contributed by atoms with Crippen LogP contribution < -0.4 is 10.2 Å². The Morgan fingerprint density at radius 2 is 2.04 bits per heavy atom. The van der Waals surface area contributed by atoms with Crippen molar-refractivity contribution in [2.75, 3.05) is 16.8 Å². The second kappa shape index (κ2) is 6.73. The molecule has 1 aliphatic heterocycles. The molecule has 1 fully saturated rings. The lowest BCUT2D eigenvalue weighted by Crippen LogP contribution is -2.28. The molecule has 2 heterocycles. The van der Waals surface area contributed by atoms with E-state index in [1.54, 1.807) is 4.90 Å². The van der Waals surface area contributed by atoms with Crippen LogP contribution in [0.1, 0.15) is 29.5 Å². The van der Waals surface area contributed by atoms with E-state index in [0.717, 1.165) is 22.7 Å². The summed E-state index contributed by atoms with van der Waals surface area (Å²) in [5.41, 5.74) is 3.01. The van der Waals surface area contributed by atoms with E-state index in [4.69, 9.17) is 0 Å². The van der Waals surface area contributed by atoms with Gasteiger partial charge in [-0.3, -0.25) is 9.59 Å². The standard InChI is InChI=1S/C18H21N3O2S/c1-4-13-5-7-15(8-6-13)21-10-14(9-16(21)22)17(23)20-18-19-11(2)12(3)24-18/h5-8,14H,4,9-10H2,1-3H3,(H,19,20,23). The summed E-state index contributed by atoms with van der Waals surface area (Å²) in [5.74, 6) is -0.483. The van der Waals surface area contributed by atoms with E-state index in [9.17, 15) is 9.59 Å². The molecular formula is C18H21N3O2S. The van der Waals surface area contributed by atoms with Gasteiger partial charge in [0.15, 0.2) is 5.13 Å². The maximum absolute atomic E-state index is 12.4. The van der Waals surface area contributed by atoms with Gasteiger partial charge in [-0.25, -0.2) is 4.98 Å². The lowest BCUT2D eigenvalue weighted by atomic mass is 10.1. The molecule has 24 heavy (non-hydrogen) atoms. The first kappa shape index (κ1) is 16.6. The maximum atomic E-state index is 12.4. The molecule has 0 spiro atoms. The zero-order chi connectivity index (χ0) is 17.3. The summed E-state index contributed by atoms with van der Waals surface area (Å²) >= 11 is 1.46. The number of nitrogens with one attached hydrogen (secondary N) is 1. The summed E-state index contributed by atoms with van der Waals surface area (Å²) in [6.07, 6.45) is 1.20. The molecule has 1 saturated heterocycles. The van der Waals surface area contributed by atoms with Crippen molar-refractivity contribution in [1.82, 2.24) is 4.98 Å². The van der Waals surface area contributed by atoms with E-state index in [1.165, 1.54) is 16.9 Å². The number of aromatic nitrogens is 1. The molecule has 1 atom stereocenters. The van der Waals surface area contributed by atoms with Gasteiger partial charge in [-0.2, -0.15) is 0 Å². The summed E-state index contributed by atoms with van der Waals surface area (Å²) in [4.78, 5) is 31.8. The molecule has 3 rings (SSSR count). The van der Waals surface area contributed by atoms with Gasteiger partial charge in [0, 0.05) is 23.5 Å². The Kier molecular flexibility index (Phi) is 4.66. The van der Waals surface area contributed by atoms with Gasteiger partial charge in [-0.05, 0) is 38.0 Å². The second-order valence-electron chi connectivity index (χ2n) is 6.08. The fourth-order valence-electron chi connectivity index (χ4n) is 2.78. The number of nitrogens with zero attached hydrogens (tertiary/aromatic N) is 2. The van der Waals surface area contributed by atoms with Gasteiger partial charge in [0.05, 0.1) is 11.6 Å². The van der Waals surface area contributed by atoms with Crippen LogP contribution in [0.5, 0.6) is 0 Å². The topological polar surface area (TPSA) is 62.3 Å². The Bertz CT molecular complexity index is 748. The van der Waals surface area contributed by atoms with E-state index in [1.807, 2.05) is 38.1 Å². The van der Waals surface area contributed by atoms with Crippen LogP contribution >= 0.6 is 11.3 Å². The van der Waals surface area contributed by atoms with Crippen LogP contribution in [0.3, 0.4) is 0 Å². The van der Waals surface area contributed by atoms with Crippen LogP contribution in [0.15, 0.2) is 24.3 Å². The minimum Gasteiger partial charge on any atom is -0.312 e. The molecule has 2 aromatic rings. The number of aryl methyl sites for hydroxylation is 3. The molecule has 0 bridgehead atoms. The number of anilines is 2. The number of carbonyl (C=O) groups is 2. The zero-order valence-electron chi connectivity index (χ0n) is 14.1. The summed E-state index contributed by atoms with van der Waals surface area (Å²) in [5, 5.41) is 3.45. The van der Waals surface area contributed by atoms with Crippen molar-refractivity contribution in [3.05, 3.63) is 40.4 Å². The van der Waals surface area contributed by atoms with E-state index in [2.05, 4.69) is 17.2 Å². The highest BCUT2D eigenvalue weighted by atomic mass is 32.1. The van der Waals surface area contributed by atoms with Crippen molar-refractivity contribution in [2.24, 2.45) is 5.92 Å². The number of thiazole rings is 1. The van der Waals surface area contributed by atoms with E-state index >= 15 is 0 Å². The molecular weight excluding hydrogens is 322 g/mol. The van der Waals surface area contributed by atoms with Gasteiger partial charge in [0.2, 0.25) is 11.8 Å². The molecule has 1 aromatic carbocycles. The summed E-state index contributed by atoms with van der Waals surface area (Å²) in [6, 6.07) is 7.95. The molecule has 0 saturated carbocycles. The molecule has 2 amide bonds. The molecule has 0 radical (unpaired) electrons. The van der Waals surface area contributed by atoms with Crippen LogP contribution in [-0.4, -0.2) is 23.3 Å². The van der Waals surface area contributed by atoms with E-state index < -0.39 is 0 Å². The van der Waals surface area contributed by atoms with E-state index in [0.29, 0.717) is 11.7 Å². The first-order chi connectivity index (χ1) is 11.5. The molecule has 0 aliphatic carbocycles. The van der Waals surface area contributed by atoms with Crippen molar-refractivity contribution in [2.45, 2.75) is 33.6 Å².